The van der Waals surface area contributed by atoms with Crippen LogP contribution in [0.2, 0.25) is 0 Å². The predicted octanol–water partition coefficient (Wildman–Crippen LogP) is 2.68. The molecule has 2 aromatic rings. The third-order valence-corrected chi connectivity index (χ3v) is 4.62. The van der Waals surface area contributed by atoms with Gasteiger partial charge in [0, 0.05) is 5.69 Å². The van der Waals surface area contributed by atoms with Crippen LogP contribution in [0.1, 0.15) is 35.1 Å². The van der Waals surface area contributed by atoms with E-state index in [2.05, 4.69) is 28.3 Å². The summed E-state index contributed by atoms with van der Waals surface area (Å²) in [5, 5.41) is 3.02. The molecule has 0 aliphatic heterocycles. The predicted molar refractivity (Wildman–Crippen MR) is 103 cm³/mol. The Labute approximate surface area is 154 Å². The Balaban J connectivity index is 1.42. The van der Waals surface area contributed by atoms with E-state index in [1.807, 2.05) is 37.3 Å². The lowest BCUT2D eigenvalue weighted by atomic mass is 9.90. The van der Waals surface area contributed by atoms with E-state index in [0.29, 0.717) is 0 Å². The number of carbonyl (C=O) groups is 2. The van der Waals surface area contributed by atoms with Gasteiger partial charge in [0.25, 0.3) is 5.91 Å². The number of benzene rings is 2. The highest BCUT2D eigenvalue weighted by molar-refractivity contribution is 5.85. The molecule has 1 aliphatic rings. The fourth-order valence-corrected chi connectivity index (χ4v) is 3.16. The summed E-state index contributed by atoms with van der Waals surface area (Å²) in [7, 11) is 0. The van der Waals surface area contributed by atoms with Gasteiger partial charge in [-0.05, 0) is 61.4 Å². The van der Waals surface area contributed by atoms with Gasteiger partial charge in [-0.2, -0.15) is 0 Å². The van der Waals surface area contributed by atoms with Gasteiger partial charge in [0.15, 0.2) is 0 Å². The molecule has 0 aromatic heterocycles. The molecule has 0 saturated heterocycles. The molecule has 5 heteroatoms. The smallest absolute Gasteiger partial charge is 0.257 e. The summed E-state index contributed by atoms with van der Waals surface area (Å²) in [6.07, 6.45) is 4.94. The van der Waals surface area contributed by atoms with Gasteiger partial charge in [-0.15, -0.1) is 0 Å². The Bertz CT molecular complexity index is 784. The Kier molecular flexibility index (Phi) is 5.89. The van der Waals surface area contributed by atoms with E-state index in [4.69, 9.17) is 0 Å². The third kappa shape index (κ3) is 5.09. The second-order valence-corrected chi connectivity index (χ2v) is 6.80. The molecule has 2 aromatic carbocycles. The number of rotatable bonds is 5. The van der Waals surface area contributed by atoms with Crippen molar-refractivity contribution in [2.75, 3.05) is 11.9 Å². The SMILES string of the molecule is Cc1ccc(NCC(=O)NNC(=O)Cc2ccc3c(c2)CCCC3)cc1. The molecule has 0 atom stereocenters. The average Bonchev–Trinajstić information content (AvgIpc) is 2.66. The van der Waals surface area contributed by atoms with Crippen molar-refractivity contribution in [3.05, 3.63) is 64.7 Å². The number of hydrogen-bond acceptors (Lipinski definition) is 3. The van der Waals surface area contributed by atoms with Crippen molar-refractivity contribution in [1.82, 2.24) is 10.9 Å². The van der Waals surface area contributed by atoms with Gasteiger partial charge in [-0.3, -0.25) is 20.4 Å². The van der Waals surface area contributed by atoms with Crippen LogP contribution in [-0.2, 0) is 28.9 Å². The van der Waals surface area contributed by atoms with Crippen LogP contribution in [-0.4, -0.2) is 18.4 Å². The van der Waals surface area contributed by atoms with Crippen LogP contribution in [0.5, 0.6) is 0 Å². The molecule has 0 bridgehead atoms. The molecule has 0 spiro atoms. The lowest BCUT2D eigenvalue weighted by Gasteiger charge is -2.16. The maximum atomic E-state index is 12.1. The summed E-state index contributed by atoms with van der Waals surface area (Å²) < 4.78 is 0. The molecular formula is C21H25N3O2. The molecule has 0 unspecified atom stereocenters. The van der Waals surface area contributed by atoms with Crippen LogP contribution in [0, 0.1) is 6.92 Å². The number of hydrazine groups is 1. The standard InChI is InChI=1S/C21H25N3O2/c1-15-6-10-19(11-7-15)22-14-21(26)24-23-20(25)13-16-8-9-17-4-2-3-5-18(17)12-16/h6-12,22H,2-5,13-14H2,1H3,(H,23,25)(H,24,26). The molecule has 26 heavy (non-hydrogen) atoms. The molecule has 1 aliphatic carbocycles. The fraction of sp³-hybridized carbons (Fsp3) is 0.333. The minimum atomic E-state index is -0.288. The van der Waals surface area contributed by atoms with E-state index >= 15 is 0 Å². The van der Waals surface area contributed by atoms with Crippen LogP contribution in [0.15, 0.2) is 42.5 Å². The van der Waals surface area contributed by atoms with Gasteiger partial charge >= 0.3 is 0 Å². The first-order chi connectivity index (χ1) is 12.6. The van der Waals surface area contributed by atoms with Gasteiger partial charge in [-0.25, -0.2) is 0 Å². The first-order valence-electron chi connectivity index (χ1n) is 9.09. The summed E-state index contributed by atoms with van der Waals surface area (Å²) in [6.45, 7) is 2.11. The molecule has 2 amide bonds. The zero-order valence-corrected chi connectivity index (χ0v) is 15.1. The van der Waals surface area contributed by atoms with Crippen molar-refractivity contribution >= 4 is 17.5 Å². The minimum absolute atomic E-state index is 0.0994. The maximum Gasteiger partial charge on any atom is 0.257 e. The third-order valence-electron chi connectivity index (χ3n) is 4.62. The number of aryl methyl sites for hydroxylation is 3. The highest BCUT2D eigenvalue weighted by Gasteiger charge is 2.11. The summed E-state index contributed by atoms with van der Waals surface area (Å²) >= 11 is 0. The van der Waals surface area contributed by atoms with Crippen molar-refractivity contribution in [2.45, 2.75) is 39.0 Å². The van der Waals surface area contributed by atoms with E-state index in [1.165, 1.54) is 24.0 Å². The molecule has 136 valence electrons. The average molecular weight is 351 g/mol. The summed E-state index contributed by atoms with van der Waals surface area (Å²) in [5.74, 6) is -0.506. The second kappa shape index (κ2) is 8.52. The Morgan fingerprint density at radius 1 is 0.885 bits per heavy atom. The lowest BCUT2D eigenvalue weighted by molar-refractivity contribution is -0.127. The van der Waals surface area contributed by atoms with E-state index in [0.717, 1.165) is 29.7 Å². The zero-order chi connectivity index (χ0) is 18.4. The molecule has 5 nitrogen and oxygen atoms in total. The minimum Gasteiger partial charge on any atom is -0.376 e. The lowest BCUT2D eigenvalue weighted by Crippen LogP contribution is -2.44. The number of amides is 2. The Hall–Kier alpha value is -2.82. The maximum absolute atomic E-state index is 12.1. The van der Waals surface area contributed by atoms with Crippen molar-refractivity contribution in [1.29, 1.82) is 0 Å². The Morgan fingerprint density at radius 3 is 2.35 bits per heavy atom. The van der Waals surface area contributed by atoms with Crippen LogP contribution in [0.3, 0.4) is 0 Å². The zero-order valence-electron chi connectivity index (χ0n) is 15.1. The Morgan fingerprint density at radius 2 is 1.58 bits per heavy atom. The number of carbonyl (C=O) groups excluding carboxylic acids is 2. The van der Waals surface area contributed by atoms with Crippen molar-refractivity contribution < 1.29 is 9.59 Å². The van der Waals surface area contributed by atoms with Crippen LogP contribution < -0.4 is 16.2 Å². The fourth-order valence-electron chi connectivity index (χ4n) is 3.16. The highest BCUT2D eigenvalue weighted by atomic mass is 16.2. The molecule has 0 fully saturated rings. The van der Waals surface area contributed by atoms with E-state index < -0.39 is 0 Å². The van der Waals surface area contributed by atoms with E-state index in [-0.39, 0.29) is 24.8 Å². The second-order valence-electron chi connectivity index (χ2n) is 6.80. The topological polar surface area (TPSA) is 70.2 Å². The van der Waals surface area contributed by atoms with Crippen LogP contribution in [0.25, 0.3) is 0 Å². The van der Waals surface area contributed by atoms with Crippen LogP contribution in [0.4, 0.5) is 5.69 Å². The highest BCUT2D eigenvalue weighted by Crippen LogP contribution is 2.22. The van der Waals surface area contributed by atoms with Crippen LogP contribution >= 0.6 is 0 Å². The van der Waals surface area contributed by atoms with E-state index in [9.17, 15) is 9.59 Å². The van der Waals surface area contributed by atoms with Gasteiger partial charge < -0.3 is 5.32 Å². The van der Waals surface area contributed by atoms with Gasteiger partial charge in [0.05, 0.1) is 13.0 Å². The molecule has 0 radical (unpaired) electrons. The first kappa shape index (κ1) is 18.0. The number of hydrogen-bond donors (Lipinski definition) is 3. The number of nitrogens with one attached hydrogen (secondary N) is 3. The number of anilines is 1. The van der Waals surface area contributed by atoms with Crippen molar-refractivity contribution in [3.8, 4) is 0 Å². The molecule has 3 rings (SSSR count). The number of fused-ring (bicyclic) bond motifs is 1. The summed E-state index contributed by atoms with van der Waals surface area (Å²) in [4.78, 5) is 23.9. The van der Waals surface area contributed by atoms with Gasteiger partial charge in [0.2, 0.25) is 5.91 Å². The quantitative estimate of drug-likeness (QED) is 0.726. The summed E-state index contributed by atoms with van der Waals surface area (Å²) in [6, 6.07) is 14.0. The normalized spacial score (nSPS) is 12.8. The molecule has 3 N–H and O–H groups in total. The molecule has 0 heterocycles. The van der Waals surface area contributed by atoms with E-state index in [1.54, 1.807) is 0 Å². The van der Waals surface area contributed by atoms with Gasteiger partial charge in [0.1, 0.15) is 0 Å². The largest absolute Gasteiger partial charge is 0.376 e. The van der Waals surface area contributed by atoms with Crippen molar-refractivity contribution in [3.63, 3.8) is 0 Å². The molecular weight excluding hydrogens is 326 g/mol. The monoisotopic (exact) mass is 351 g/mol. The van der Waals surface area contributed by atoms with Crippen molar-refractivity contribution in [2.24, 2.45) is 0 Å². The first-order valence-corrected chi connectivity index (χ1v) is 9.09. The summed E-state index contributed by atoms with van der Waals surface area (Å²) in [5.41, 5.74) is 10.7. The molecule has 0 saturated carbocycles. The van der Waals surface area contributed by atoms with Gasteiger partial charge in [-0.1, -0.05) is 35.9 Å².